The predicted molar refractivity (Wildman–Crippen MR) is 68.7 cm³/mol. The molecule has 0 amide bonds. The number of aromatic nitrogens is 2. The lowest BCUT2D eigenvalue weighted by atomic mass is 10.1. The van der Waals surface area contributed by atoms with Crippen LogP contribution in [-0.2, 0) is 5.54 Å². The summed E-state index contributed by atoms with van der Waals surface area (Å²) < 4.78 is 1.42. The monoisotopic (exact) mass is 260 g/mol. The molecule has 0 aliphatic heterocycles. The number of carboxylic acids is 1. The molecule has 1 saturated carbocycles. The van der Waals surface area contributed by atoms with Gasteiger partial charge in [-0.2, -0.15) is 0 Å². The Labute approximate surface area is 107 Å². The fourth-order valence-corrected chi connectivity index (χ4v) is 2.35. The highest BCUT2D eigenvalue weighted by Gasteiger charge is 2.41. The molecule has 0 unspecified atom stereocenters. The van der Waals surface area contributed by atoms with Gasteiger partial charge in [-0.15, -0.1) is 0 Å². The van der Waals surface area contributed by atoms with Crippen molar-refractivity contribution >= 4 is 17.0 Å². The van der Waals surface area contributed by atoms with E-state index in [-0.39, 0.29) is 16.6 Å². The number of para-hydroxylation sites is 1. The van der Waals surface area contributed by atoms with Crippen molar-refractivity contribution in [3.8, 4) is 0 Å². The molecule has 1 aromatic heterocycles. The van der Waals surface area contributed by atoms with E-state index in [1.54, 1.807) is 12.1 Å². The molecule has 1 aromatic carbocycles. The van der Waals surface area contributed by atoms with Crippen molar-refractivity contribution in [3.63, 3.8) is 0 Å². The number of benzene rings is 1. The van der Waals surface area contributed by atoms with Crippen LogP contribution in [0.1, 0.15) is 30.1 Å². The molecule has 6 heteroatoms. The lowest BCUT2D eigenvalue weighted by Crippen LogP contribution is -2.40. The number of rotatable bonds is 2. The summed E-state index contributed by atoms with van der Waals surface area (Å²) >= 11 is 0. The van der Waals surface area contributed by atoms with Gasteiger partial charge in [0, 0.05) is 5.54 Å². The molecule has 3 rings (SSSR count). The van der Waals surface area contributed by atoms with E-state index >= 15 is 0 Å². The highest BCUT2D eigenvalue weighted by molar-refractivity contribution is 6.00. The van der Waals surface area contributed by atoms with Crippen LogP contribution in [0, 0.1) is 0 Å². The fraction of sp³-hybridized carbons (Fsp3) is 0.308. The van der Waals surface area contributed by atoms with E-state index in [0.717, 1.165) is 12.8 Å². The van der Waals surface area contributed by atoms with Gasteiger partial charge in [0.2, 0.25) is 0 Å². The van der Waals surface area contributed by atoms with E-state index in [9.17, 15) is 14.4 Å². The molecule has 98 valence electrons. The number of carbonyl (C=O) groups is 1. The Morgan fingerprint density at radius 1 is 1.37 bits per heavy atom. The molecule has 2 N–H and O–H groups in total. The first-order valence-corrected chi connectivity index (χ1v) is 5.96. The number of aromatic amines is 1. The summed E-state index contributed by atoms with van der Waals surface area (Å²) in [6.07, 6.45) is 1.62. The molecule has 6 nitrogen and oxygen atoms in total. The number of nitrogens with zero attached hydrogens (tertiary/aromatic N) is 1. The van der Waals surface area contributed by atoms with Gasteiger partial charge in [-0.3, -0.25) is 14.2 Å². The van der Waals surface area contributed by atoms with Crippen LogP contribution in [0.2, 0.25) is 0 Å². The molecule has 1 fully saturated rings. The highest BCUT2D eigenvalue weighted by atomic mass is 16.4. The minimum Gasteiger partial charge on any atom is -0.478 e. The molecule has 0 spiro atoms. The Morgan fingerprint density at radius 3 is 2.63 bits per heavy atom. The SMILES string of the molecule is CC1(n2c(=O)c(=O)[nH]c3c(C(=O)O)cccc32)CC1. The maximum absolute atomic E-state index is 12.0. The van der Waals surface area contributed by atoms with Crippen molar-refractivity contribution in [1.29, 1.82) is 0 Å². The van der Waals surface area contributed by atoms with Crippen molar-refractivity contribution in [2.75, 3.05) is 0 Å². The van der Waals surface area contributed by atoms with Gasteiger partial charge in [0.05, 0.1) is 16.6 Å². The zero-order chi connectivity index (χ0) is 13.8. The van der Waals surface area contributed by atoms with Gasteiger partial charge in [0.15, 0.2) is 0 Å². The normalized spacial score (nSPS) is 16.5. The molecule has 1 aliphatic carbocycles. The lowest BCUT2D eigenvalue weighted by Gasteiger charge is -2.16. The van der Waals surface area contributed by atoms with E-state index in [4.69, 9.17) is 5.11 Å². The number of hydrogen-bond donors (Lipinski definition) is 2. The van der Waals surface area contributed by atoms with Gasteiger partial charge in [0.1, 0.15) is 0 Å². The zero-order valence-electron chi connectivity index (χ0n) is 10.3. The number of nitrogens with one attached hydrogen (secondary N) is 1. The standard InChI is InChI=1S/C13H12N2O4/c1-13(5-6-13)15-8-4-2-3-7(12(18)19)9(8)14-10(16)11(15)17/h2-4H,5-6H2,1H3,(H,14,16)(H,18,19). The Kier molecular flexibility index (Phi) is 2.20. The van der Waals surface area contributed by atoms with Gasteiger partial charge < -0.3 is 10.1 Å². The maximum Gasteiger partial charge on any atom is 0.337 e. The van der Waals surface area contributed by atoms with Crippen molar-refractivity contribution < 1.29 is 9.90 Å². The molecule has 1 aliphatic rings. The molecular weight excluding hydrogens is 248 g/mol. The smallest absolute Gasteiger partial charge is 0.337 e. The molecular formula is C13H12N2O4. The molecule has 0 atom stereocenters. The van der Waals surface area contributed by atoms with Crippen LogP contribution < -0.4 is 11.1 Å². The molecule has 0 saturated heterocycles. The highest BCUT2D eigenvalue weighted by Crippen LogP contribution is 2.43. The molecule has 2 aromatic rings. The van der Waals surface area contributed by atoms with E-state index in [0.29, 0.717) is 5.52 Å². The summed E-state index contributed by atoms with van der Waals surface area (Å²) in [4.78, 5) is 37.3. The summed E-state index contributed by atoms with van der Waals surface area (Å²) in [5, 5.41) is 9.14. The number of aromatic carboxylic acids is 1. The maximum atomic E-state index is 12.0. The molecule has 0 radical (unpaired) electrons. The predicted octanol–water partition coefficient (Wildman–Crippen LogP) is 0.897. The van der Waals surface area contributed by atoms with Crippen LogP contribution in [0.15, 0.2) is 27.8 Å². The van der Waals surface area contributed by atoms with Gasteiger partial charge in [-0.1, -0.05) is 6.07 Å². The number of hydrogen-bond acceptors (Lipinski definition) is 3. The van der Waals surface area contributed by atoms with Crippen molar-refractivity contribution in [1.82, 2.24) is 9.55 Å². The summed E-state index contributed by atoms with van der Waals surface area (Å²) in [6, 6.07) is 4.64. The van der Waals surface area contributed by atoms with Crippen LogP contribution in [0.5, 0.6) is 0 Å². The Hall–Kier alpha value is -2.37. The average Bonchev–Trinajstić information content (AvgIpc) is 3.08. The first kappa shape index (κ1) is 11.7. The molecule has 19 heavy (non-hydrogen) atoms. The largest absolute Gasteiger partial charge is 0.478 e. The van der Waals surface area contributed by atoms with Crippen molar-refractivity contribution in [2.24, 2.45) is 0 Å². The first-order chi connectivity index (χ1) is 8.94. The first-order valence-electron chi connectivity index (χ1n) is 5.96. The van der Waals surface area contributed by atoms with Crippen molar-refractivity contribution in [3.05, 3.63) is 44.5 Å². The minimum absolute atomic E-state index is 0.00685. The fourth-order valence-electron chi connectivity index (χ4n) is 2.35. The minimum atomic E-state index is -1.13. The van der Waals surface area contributed by atoms with Crippen LogP contribution >= 0.6 is 0 Å². The molecule has 1 heterocycles. The van der Waals surface area contributed by atoms with E-state index in [1.807, 2.05) is 6.92 Å². The second-order valence-electron chi connectivity index (χ2n) is 5.10. The summed E-state index contributed by atoms with van der Waals surface area (Å²) in [6.45, 7) is 1.89. The van der Waals surface area contributed by atoms with Crippen LogP contribution in [-0.4, -0.2) is 20.6 Å². The second-order valence-corrected chi connectivity index (χ2v) is 5.10. The number of carboxylic acid groups (broad SMARTS) is 1. The van der Waals surface area contributed by atoms with E-state index in [1.165, 1.54) is 10.6 Å². The summed E-state index contributed by atoms with van der Waals surface area (Å²) in [5.74, 6) is -1.13. The van der Waals surface area contributed by atoms with Gasteiger partial charge in [-0.05, 0) is 31.9 Å². The van der Waals surface area contributed by atoms with Crippen LogP contribution in [0.3, 0.4) is 0 Å². The van der Waals surface area contributed by atoms with E-state index < -0.39 is 17.1 Å². The third-order valence-electron chi connectivity index (χ3n) is 3.66. The second kappa shape index (κ2) is 3.57. The summed E-state index contributed by atoms with van der Waals surface area (Å²) in [7, 11) is 0. The number of fused-ring (bicyclic) bond motifs is 1. The zero-order valence-corrected chi connectivity index (χ0v) is 10.3. The van der Waals surface area contributed by atoms with Gasteiger partial charge in [0.25, 0.3) is 0 Å². The third kappa shape index (κ3) is 1.60. The Morgan fingerprint density at radius 2 is 2.05 bits per heavy atom. The summed E-state index contributed by atoms with van der Waals surface area (Å²) in [5.41, 5.74) is -1.13. The van der Waals surface area contributed by atoms with Crippen molar-refractivity contribution in [2.45, 2.75) is 25.3 Å². The molecule has 0 bridgehead atoms. The van der Waals surface area contributed by atoms with Crippen LogP contribution in [0.4, 0.5) is 0 Å². The average molecular weight is 260 g/mol. The van der Waals surface area contributed by atoms with Crippen LogP contribution in [0.25, 0.3) is 11.0 Å². The quantitative estimate of drug-likeness (QED) is 0.784. The Bertz CT molecular complexity index is 811. The Balaban J connectivity index is 2.52. The number of H-pyrrole nitrogens is 1. The third-order valence-corrected chi connectivity index (χ3v) is 3.66. The van der Waals surface area contributed by atoms with Gasteiger partial charge >= 0.3 is 17.1 Å². The topological polar surface area (TPSA) is 92.2 Å². The lowest BCUT2D eigenvalue weighted by molar-refractivity contribution is 0.0698. The van der Waals surface area contributed by atoms with E-state index in [2.05, 4.69) is 4.98 Å². The van der Waals surface area contributed by atoms with Gasteiger partial charge in [-0.25, -0.2) is 4.79 Å².